The Morgan fingerprint density at radius 2 is 2.12 bits per heavy atom. The lowest BCUT2D eigenvalue weighted by atomic mass is 9.98. The van der Waals surface area contributed by atoms with E-state index in [4.69, 9.17) is 4.52 Å². The molecule has 0 radical (unpaired) electrons. The van der Waals surface area contributed by atoms with Gasteiger partial charge in [-0.1, -0.05) is 24.2 Å². The number of carbonyl (C=O) groups excluding carboxylic acids is 1. The largest absolute Gasteiger partial charge is 0.339 e. The fraction of sp³-hybridized carbons (Fsp3) is 0.409. The molecule has 10 heteroatoms. The fourth-order valence-corrected chi connectivity index (χ4v) is 6.87. The number of nitrogens with one attached hydrogen (secondary N) is 1. The topological polar surface area (TPSA) is 105 Å². The Bertz CT molecular complexity index is 1230. The quantitative estimate of drug-likeness (QED) is 0.579. The molecule has 2 aromatic heterocycles. The van der Waals surface area contributed by atoms with Gasteiger partial charge in [0.15, 0.2) is 0 Å². The van der Waals surface area contributed by atoms with Crippen LogP contribution in [0.4, 0.5) is 5.69 Å². The highest BCUT2D eigenvalue weighted by Gasteiger charge is 2.35. The molecule has 1 N–H and O–H groups in total. The number of benzene rings is 1. The van der Waals surface area contributed by atoms with E-state index in [1.165, 1.54) is 15.6 Å². The Labute approximate surface area is 191 Å². The van der Waals surface area contributed by atoms with Gasteiger partial charge in [0.1, 0.15) is 0 Å². The first-order valence-corrected chi connectivity index (χ1v) is 12.8. The van der Waals surface area contributed by atoms with Gasteiger partial charge in [0.05, 0.1) is 15.7 Å². The maximum Gasteiger partial charge on any atom is 0.244 e. The summed E-state index contributed by atoms with van der Waals surface area (Å²) in [5.74, 6) is 0.248. The number of piperidine rings is 1. The fourth-order valence-electron chi connectivity index (χ4n) is 3.86. The second-order valence-electron chi connectivity index (χ2n) is 7.91. The lowest BCUT2D eigenvalue weighted by Crippen LogP contribution is -2.43. The normalized spacial score (nSPS) is 17.4. The maximum absolute atomic E-state index is 13.4. The summed E-state index contributed by atoms with van der Waals surface area (Å²) in [6.07, 6.45) is 2.16. The van der Waals surface area contributed by atoms with Crippen molar-refractivity contribution in [1.29, 1.82) is 0 Å². The van der Waals surface area contributed by atoms with E-state index in [0.717, 1.165) is 17.7 Å². The summed E-state index contributed by atoms with van der Waals surface area (Å²) in [6.45, 7) is 6.06. The van der Waals surface area contributed by atoms with Crippen LogP contribution in [-0.2, 0) is 21.2 Å². The van der Waals surface area contributed by atoms with Crippen molar-refractivity contribution in [2.75, 3.05) is 18.4 Å². The number of aryl methyl sites for hydroxylation is 3. The molecular formula is C22H26N4O4S2. The van der Waals surface area contributed by atoms with Crippen LogP contribution < -0.4 is 5.32 Å². The van der Waals surface area contributed by atoms with Gasteiger partial charge in [-0.2, -0.15) is 9.29 Å². The molecule has 32 heavy (non-hydrogen) atoms. The van der Waals surface area contributed by atoms with E-state index >= 15 is 0 Å². The second-order valence-corrected chi connectivity index (χ2v) is 11.1. The monoisotopic (exact) mass is 474 g/mol. The van der Waals surface area contributed by atoms with E-state index in [1.54, 1.807) is 19.9 Å². The summed E-state index contributed by atoms with van der Waals surface area (Å²) in [6, 6.07) is 9.32. The third kappa shape index (κ3) is 4.62. The minimum atomic E-state index is -3.75. The van der Waals surface area contributed by atoms with Gasteiger partial charge < -0.3 is 9.84 Å². The SMILES string of the molecule is CCc1cccc(NC(=O)C2CCCN(S(=O)(=O)c3cc(-c4noc(C)n4)sc3C)C2)c1. The lowest BCUT2D eigenvalue weighted by molar-refractivity contribution is -0.120. The Balaban J connectivity index is 1.51. The van der Waals surface area contributed by atoms with Crippen molar-refractivity contribution >= 4 is 33.0 Å². The van der Waals surface area contributed by atoms with Crippen molar-refractivity contribution in [3.8, 4) is 10.7 Å². The van der Waals surface area contributed by atoms with Crippen molar-refractivity contribution in [2.45, 2.75) is 44.9 Å². The van der Waals surface area contributed by atoms with Gasteiger partial charge in [-0.05, 0) is 49.9 Å². The van der Waals surface area contributed by atoms with Crippen molar-refractivity contribution in [3.05, 3.63) is 46.7 Å². The minimum Gasteiger partial charge on any atom is -0.339 e. The molecule has 0 spiro atoms. The molecule has 1 unspecified atom stereocenters. The van der Waals surface area contributed by atoms with Crippen LogP contribution in [0.1, 0.15) is 36.1 Å². The third-order valence-corrected chi connectivity index (χ3v) is 8.76. The van der Waals surface area contributed by atoms with Crippen molar-refractivity contribution in [2.24, 2.45) is 5.92 Å². The number of sulfonamides is 1. The maximum atomic E-state index is 13.4. The molecule has 4 rings (SSSR count). The summed E-state index contributed by atoms with van der Waals surface area (Å²) in [7, 11) is -3.75. The van der Waals surface area contributed by atoms with Gasteiger partial charge in [0, 0.05) is 30.6 Å². The molecule has 1 saturated heterocycles. The molecular weight excluding hydrogens is 448 g/mol. The summed E-state index contributed by atoms with van der Waals surface area (Å²) < 4.78 is 33.2. The Hall–Kier alpha value is -2.56. The van der Waals surface area contributed by atoms with Crippen LogP contribution in [0.15, 0.2) is 39.8 Å². The average Bonchev–Trinajstić information content (AvgIpc) is 3.39. The van der Waals surface area contributed by atoms with Crippen LogP contribution in [-0.4, -0.2) is 41.9 Å². The Kier molecular flexibility index (Phi) is 6.45. The number of hydrogen-bond donors (Lipinski definition) is 1. The highest BCUT2D eigenvalue weighted by atomic mass is 32.2. The second kappa shape index (κ2) is 9.13. The average molecular weight is 475 g/mol. The number of hydrogen-bond acceptors (Lipinski definition) is 7. The number of anilines is 1. The first-order valence-electron chi connectivity index (χ1n) is 10.6. The van der Waals surface area contributed by atoms with Crippen molar-refractivity contribution in [3.63, 3.8) is 0 Å². The zero-order valence-electron chi connectivity index (χ0n) is 18.3. The molecule has 0 saturated carbocycles. The van der Waals surface area contributed by atoms with Crippen LogP contribution in [0, 0.1) is 19.8 Å². The van der Waals surface area contributed by atoms with E-state index < -0.39 is 15.9 Å². The predicted molar refractivity (Wildman–Crippen MR) is 123 cm³/mol. The molecule has 170 valence electrons. The third-order valence-electron chi connectivity index (χ3n) is 5.60. The molecule has 3 aromatic rings. The zero-order valence-corrected chi connectivity index (χ0v) is 19.9. The standard InChI is InChI=1S/C22H26N4O4S2/c1-4-16-7-5-9-18(11-16)24-22(27)17-8-6-10-26(13-17)32(28,29)20-12-19(31-14(20)2)21-23-15(3)30-25-21/h5,7,9,11-12,17H,4,6,8,10,13H2,1-3H3,(H,24,27). The summed E-state index contributed by atoms with van der Waals surface area (Å²) in [5.41, 5.74) is 1.87. The number of amides is 1. The number of rotatable bonds is 6. The molecule has 3 heterocycles. The summed E-state index contributed by atoms with van der Waals surface area (Å²) >= 11 is 1.31. The minimum absolute atomic E-state index is 0.150. The highest BCUT2D eigenvalue weighted by molar-refractivity contribution is 7.89. The van der Waals surface area contributed by atoms with Gasteiger partial charge in [0.25, 0.3) is 0 Å². The van der Waals surface area contributed by atoms with Gasteiger partial charge >= 0.3 is 0 Å². The van der Waals surface area contributed by atoms with Crippen molar-refractivity contribution in [1.82, 2.24) is 14.4 Å². The van der Waals surface area contributed by atoms with Crippen LogP contribution in [0.2, 0.25) is 0 Å². The Morgan fingerprint density at radius 1 is 1.31 bits per heavy atom. The van der Waals surface area contributed by atoms with Gasteiger partial charge in [-0.25, -0.2) is 8.42 Å². The molecule has 1 atom stereocenters. The number of carbonyl (C=O) groups is 1. The summed E-state index contributed by atoms with van der Waals surface area (Å²) in [4.78, 5) is 18.6. The molecule has 1 amide bonds. The molecule has 1 aliphatic heterocycles. The molecule has 0 aliphatic carbocycles. The first kappa shape index (κ1) is 22.6. The molecule has 1 aromatic carbocycles. The van der Waals surface area contributed by atoms with Gasteiger partial charge in [-0.3, -0.25) is 4.79 Å². The van der Waals surface area contributed by atoms with E-state index in [-0.39, 0.29) is 17.3 Å². The Morgan fingerprint density at radius 3 is 2.84 bits per heavy atom. The van der Waals surface area contributed by atoms with Gasteiger partial charge in [-0.15, -0.1) is 11.3 Å². The predicted octanol–water partition coefficient (Wildman–Crippen LogP) is 4.02. The molecule has 1 fully saturated rings. The number of aromatic nitrogens is 2. The van der Waals surface area contributed by atoms with Crippen LogP contribution in [0.25, 0.3) is 10.7 Å². The zero-order chi connectivity index (χ0) is 22.9. The van der Waals surface area contributed by atoms with E-state index in [1.807, 2.05) is 24.3 Å². The number of thiophene rings is 1. The van der Waals surface area contributed by atoms with E-state index in [9.17, 15) is 13.2 Å². The summed E-state index contributed by atoms with van der Waals surface area (Å²) in [5, 5.41) is 6.84. The molecule has 1 aliphatic rings. The van der Waals surface area contributed by atoms with Crippen LogP contribution in [0.3, 0.4) is 0 Å². The van der Waals surface area contributed by atoms with Gasteiger partial charge in [0.2, 0.25) is 27.6 Å². The lowest BCUT2D eigenvalue weighted by Gasteiger charge is -2.31. The highest BCUT2D eigenvalue weighted by Crippen LogP contribution is 2.35. The van der Waals surface area contributed by atoms with Crippen molar-refractivity contribution < 1.29 is 17.7 Å². The number of nitrogens with zero attached hydrogens (tertiary/aromatic N) is 3. The molecule has 8 nitrogen and oxygen atoms in total. The van der Waals surface area contributed by atoms with Crippen LogP contribution in [0.5, 0.6) is 0 Å². The van der Waals surface area contributed by atoms with E-state index in [2.05, 4.69) is 22.4 Å². The van der Waals surface area contributed by atoms with Crippen LogP contribution >= 0.6 is 11.3 Å². The van der Waals surface area contributed by atoms with E-state index in [0.29, 0.717) is 40.9 Å². The molecule has 0 bridgehead atoms. The smallest absolute Gasteiger partial charge is 0.244 e. The first-order chi connectivity index (χ1) is 15.3.